The van der Waals surface area contributed by atoms with Crippen molar-refractivity contribution in [3.05, 3.63) is 56.2 Å². The van der Waals surface area contributed by atoms with Gasteiger partial charge in [-0.3, -0.25) is 4.79 Å². The zero-order valence-electron chi connectivity index (χ0n) is 10.5. The highest BCUT2D eigenvalue weighted by molar-refractivity contribution is 9.11. The minimum Gasteiger partial charge on any atom is -0.396 e. The van der Waals surface area contributed by atoms with Crippen molar-refractivity contribution in [2.45, 2.75) is 0 Å². The molecule has 1 amide bonds. The molecule has 2 rings (SSSR count). The van der Waals surface area contributed by atoms with E-state index in [0.717, 1.165) is 6.07 Å². The Hall–Kier alpha value is -1.91. The lowest BCUT2D eigenvalue weighted by molar-refractivity contribution is 0.102. The van der Waals surface area contributed by atoms with Crippen LogP contribution in [0.25, 0.3) is 0 Å². The molecule has 0 heterocycles. The van der Waals surface area contributed by atoms with Gasteiger partial charge in [-0.15, -0.1) is 0 Å². The third kappa shape index (κ3) is 3.40. The molecule has 0 bridgehead atoms. The minimum atomic E-state index is -0.599. The molecule has 0 atom stereocenters. The molecule has 0 radical (unpaired) electrons. The molecule has 0 saturated carbocycles. The van der Waals surface area contributed by atoms with E-state index in [-0.39, 0.29) is 11.3 Å². The molecule has 0 aliphatic heterocycles. The van der Waals surface area contributed by atoms with Crippen LogP contribution in [-0.4, -0.2) is 5.91 Å². The number of rotatable bonds is 2. The lowest BCUT2D eigenvalue weighted by atomic mass is 10.1. The number of nitrogens with zero attached hydrogens (tertiary/aromatic N) is 1. The number of nitrogen functional groups attached to an aromatic ring is 1. The van der Waals surface area contributed by atoms with Gasteiger partial charge in [0.15, 0.2) is 0 Å². The molecule has 3 N–H and O–H groups in total. The highest BCUT2D eigenvalue weighted by atomic mass is 79.9. The van der Waals surface area contributed by atoms with Crippen LogP contribution in [0.2, 0.25) is 0 Å². The molecule has 21 heavy (non-hydrogen) atoms. The number of benzene rings is 2. The second-order valence-electron chi connectivity index (χ2n) is 4.11. The number of nitrogens with one attached hydrogen (secondary N) is 1. The van der Waals surface area contributed by atoms with E-state index in [1.165, 1.54) is 6.07 Å². The molecule has 2 aromatic carbocycles. The second-order valence-corrected chi connectivity index (χ2v) is 5.82. The molecule has 7 heteroatoms. The average molecular weight is 413 g/mol. The molecule has 4 nitrogen and oxygen atoms in total. The summed E-state index contributed by atoms with van der Waals surface area (Å²) in [5, 5.41) is 11.5. The molecular weight excluding hydrogens is 405 g/mol. The Morgan fingerprint density at radius 2 is 1.95 bits per heavy atom. The largest absolute Gasteiger partial charge is 0.396 e. The second kappa shape index (κ2) is 6.24. The summed E-state index contributed by atoms with van der Waals surface area (Å²) in [7, 11) is 0. The summed E-state index contributed by atoms with van der Waals surface area (Å²) in [4.78, 5) is 12.2. The first-order valence-corrected chi connectivity index (χ1v) is 7.26. The maximum Gasteiger partial charge on any atom is 0.256 e. The Kier molecular flexibility index (Phi) is 4.60. The quantitative estimate of drug-likeness (QED) is 0.730. The highest BCUT2D eigenvalue weighted by Crippen LogP contribution is 2.27. The number of halogens is 3. The number of carbonyl (C=O) groups is 1. The lowest BCUT2D eigenvalue weighted by Crippen LogP contribution is -2.14. The van der Waals surface area contributed by atoms with Crippen LogP contribution in [0.5, 0.6) is 0 Å². The van der Waals surface area contributed by atoms with Gasteiger partial charge in [-0.1, -0.05) is 0 Å². The van der Waals surface area contributed by atoms with Crippen molar-refractivity contribution in [3.63, 3.8) is 0 Å². The monoisotopic (exact) mass is 411 g/mol. The molecule has 106 valence electrons. The normalized spacial score (nSPS) is 10.0. The van der Waals surface area contributed by atoms with Gasteiger partial charge in [-0.2, -0.15) is 5.26 Å². The number of hydrogen-bond donors (Lipinski definition) is 2. The van der Waals surface area contributed by atoms with E-state index in [1.54, 1.807) is 18.2 Å². The number of amides is 1. The van der Waals surface area contributed by atoms with Gasteiger partial charge in [0.25, 0.3) is 5.91 Å². The summed E-state index contributed by atoms with van der Waals surface area (Å²) < 4.78 is 14.1. The van der Waals surface area contributed by atoms with Crippen molar-refractivity contribution in [2.24, 2.45) is 0 Å². The van der Waals surface area contributed by atoms with Crippen LogP contribution in [0, 0.1) is 17.1 Å². The fraction of sp³-hybridized carbons (Fsp3) is 0. The molecule has 0 aliphatic carbocycles. The standard InChI is InChI=1S/C14H8Br2FN3O/c15-9-5-11(17)12(19)4-8(9)14(21)20-13-2-1-7(6-18)3-10(13)16/h1-5H,19H2,(H,20,21). The Labute approximate surface area is 137 Å². The molecule has 0 aromatic heterocycles. The Balaban J connectivity index is 2.31. The maximum atomic E-state index is 13.3. The van der Waals surface area contributed by atoms with Crippen LogP contribution in [0.4, 0.5) is 15.8 Å². The van der Waals surface area contributed by atoms with Crippen LogP contribution in [0.3, 0.4) is 0 Å². The van der Waals surface area contributed by atoms with Crippen molar-refractivity contribution in [1.82, 2.24) is 0 Å². The van der Waals surface area contributed by atoms with Crippen molar-refractivity contribution in [1.29, 1.82) is 5.26 Å². The topological polar surface area (TPSA) is 78.9 Å². The molecule has 0 saturated heterocycles. The molecule has 0 fully saturated rings. The average Bonchev–Trinajstić information content (AvgIpc) is 2.44. The Bertz CT molecular complexity index is 772. The van der Waals surface area contributed by atoms with Gasteiger partial charge in [-0.25, -0.2) is 4.39 Å². The Morgan fingerprint density at radius 1 is 1.24 bits per heavy atom. The van der Waals surface area contributed by atoms with Gasteiger partial charge in [0.05, 0.1) is 28.6 Å². The van der Waals surface area contributed by atoms with E-state index in [0.29, 0.717) is 20.2 Å². The van der Waals surface area contributed by atoms with Gasteiger partial charge in [0, 0.05) is 8.95 Å². The Morgan fingerprint density at radius 3 is 2.57 bits per heavy atom. The predicted molar refractivity (Wildman–Crippen MR) is 85.3 cm³/mol. The summed E-state index contributed by atoms with van der Waals surface area (Å²) in [6.07, 6.45) is 0. The third-order valence-electron chi connectivity index (χ3n) is 2.68. The number of carbonyl (C=O) groups excluding carboxylic acids is 1. The predicted octanol–water partition coefficient (Wildman–Crippen LogP) is 4.06. The first kappa shape index (κ1) is 15.5. The number of anilines is 2. The summed E-state index contributed by atoms with van der Waals surface area (Å²) >= 11 is 6.40. The van der Waals surface area contributed by atoms with E-state index in [4.69, 9.17) is 11.0 Å². The number of nitriles is 1. The summed E-state index contributed by atoms with van der Waals surface area (Å²) in [5.41, 5.74) is 6.53. The lowest BCUT2D eigenvalue weighted by Gasteiger charge is -2.10. The van der Waals surface area contributed by atoms with Gasteiger partial charge in [-0.05, 0) is 62.2 Å². The van der Waals surface area contributed by atoms with Crippen LogP contribution in [0.15, 0.2) is 39.3 Å². The van der Waals surface area contributed by atoms with Crippen molar-refractivity contribution < 1.29 is 9.18 Å². The van der Waals surface area contributed by atoms with Crippen LogP contribution in [0.1, 0.15) is 15.9 Å². The van der Waals surface area contributed by atoms with E-state index >= 15 is 0 Å². The van der Waals surface area contributed by atoms with Crippen LogP contribution >= 0.6 is 31.9 Å². The zero-order chi connectivity index (χ0) is 15.6. The van der Waals surface area contributed by atoms with Gasteiger partial charge >= 0.3 is 0 Å². The van der Waals surface area contributed by atoms with Crippen molar-refractivity contribution >= 4 is 49.1 Å². The van der Waals surface area contributed by atoms with E-state index in [1.807, 2.05) is 6.07 Å². The summed E-state index contributed by atoms with van der Waals surface area (Å²) in [6.45, 7) is 0. The first-order valence-electron chi connectivity index (χ1n) is 5.68. The smallest absolute Gasteiger partial charge is 0.256 e. The van der Waals surface area contributed by atoms with Crippen LogP contribution in [-0.2, 0) is 0 Å². The molecule has 0 aliphatic rings. The van der Waals surface area contributed by atoms with Crippen molar-refractivity contribution in [3.8, 4) is 6.07 Å². The summed E-state index contributed by atoms with van der Waals surface area (Å²) in [5.74, 6) is -1.04. The molecule has 0 spiro atoms. The first-order chi connectivity index (χ1) is 9.92. The fourth-order valence-electron chi connectivity index (χ4n) is 1.62. The molecule has 2 aromatic rings. The minimum absolute atomic E-state index is 0.109. The summed E-state index contributed by atoms with van der Waals surface area (Å²) in [6, 6.07) is 9.15. The van der Waals surface area contributed by atoms with E-state index < -0.39 is 11.7 Å². The van der Waals surface area contributed by atoms with Crippen molar-refractivity contribution in [2.75, 3.05) is 11.1 Å². The number of hydrogen-bond acceptors (Lipinski definition) is 3. The fourth-order valence-corrected chi connectivity index (χ4v) is 2.59. The molecule has 0 unspecified atom stereocenters. The zero-order valence-corrected chi connectivity index (χ0v) is 13.6. The van der Waals surface area contributed by atoms with Crippen LogP contribution < -0.4 is 11.1 Å². The number of nitrogens with two attached hydrogens (primary N) is 1. The van der Waals surface area contributed by atoms with E-state index in [2.05, 4.69) is 37.2 Å². The van der Waals surface area contributed by atoms with Gasteiger partial charge in [0.1, 0.15) is 5.82 Å². The molecular formula is C14H8Br2FN3O. The van der Waals surface area contributed by atoms with E-state index in [9.17, 15) is 9.18 Å². The van der Waals surface area contributed by atoms with Gasteiger partial charge in [0.2, 0.25) is 0 Å². The maximum absolute atomic E-state index is 13.3. The highest BCUT2D eigenvalue weighted by Gasteiger charge is 2.14. The van der Waals surface area contributed by atoms with Gasteiger partial charge < -0.3 is 11.1 Å². The third-order valence-corrected chi connectivity index (χ3v) is 3.99. The SMILES string of the molecule is N#Cc1ccc(NC(=O)c2cc(N)c(F)cc2Br)c(Br)c1.